The molecule has 0 unspecified atom stereocenters. The Kier molecular flexibility index (Phi) is 4.36. The maximum atomic E-state index is 14.1. The first-order valence-electron chi connectivity index (χ1n) is 8.15. The lowest BCUT2D eigenvalue weighted by Gasteiger charge is -2.43. The van der Waals surface area contributed by atoms with Crippen LogP contribution in [0.4, 0.5) is 18.3 Å². The van der Waals surface area contributed by atoms with E-state index in [4.69, 9.17) is 0 Å². The predicted molar refractivity (Wildman–Crippen MR) is 93.8 cm³/mol. The molecule has 4 nitrogen and oxygen atoms in total. The first kappa shape index (κ1) is 17.0. The SMILES string of the molecule is Fc1ccccc1-c1nnc(NCC2(c3ncccc3F)CC(F)C2)s1. The van der Waals surface area contributed by atoms with E-state index in [2.05, 4.69) is 20.5 Å². The highest BCUT2D eigenvalue weighted by Gasteiger charge is 2.48. The van der Waals surface area contributed by atoms with Crippen LogP contribution in [0.25, 0.3) is 10.6 Å². The van der Waals surface area contributed by atoms with E-state index in [-0.39, 0.29) is 30.9 Å². The molecule has 0 bridgehead atoms. The number of hydrogen-bond donors (Lipinski definition) is 1. The van der Waals surface area contributed by atoms with Gasteiger partial charge in [-0.15, -0.1) is 10.2 Å². The molecule has 1 aliphatic carbocycles. The summed E-state index contributed by atoms with van der Waals surface area (Å²) in [7, 11) is 0. The maximum absolute atomic E-state index is 14.1. The van der Waals surface area contributed by atoms with Crippen LogP contribution in [0.2, 0.25) is 0 Å². The van der Waals surface area contributed by atoms with Gasteiger partial charge in [-0.3, -0.25) is 4.98 Å². The number of rotatable bonds is 5. The third kappa shape index (κ3) is 3.05. The summed E-state index contributed by atoms with van der Waals surface area (Å²) in [5.41, 5.74) is -0.0783. The van der Waals surface area contributed by atoms with E-state index in [1.165, 1.54) is 35.7 Å². The van der Waals surface area contributed by atoms with Gasteiger partial charge in [-0.1, -0.05) is 23.5 Å². The maximum Gasteiger partial charge on any atom is 0.206 e. The van der Waals surface area contributed by atoms with Crippen LogP contribution in [0.1, 0.15) is 18.5 Å². The molecule has 0 atom stereocenters. The Bertz CT molecular complexity index is 924. The second-order valence-electron chi connectivity index (χ2n) is 6.37. The van der Waals surface area contributed by atoms with Crippen LogP contribution in [-0.2, 0) is 5.41 Å². The van der Waals surface area contributed by atoms with E-state index in [1.807, 2.05) is 0 Å². The van der Waals surface area contributed by atoms with Crippen molar-refractivity contribution in [2.75, 3.05) is 11.9 Å². The first-order valence-corrected chi connectivity index (χ1v) is 8.96. The number of pyridine rings is 1. The summed E-state index contributed by atoms with van der Waals surface area (Å²) in [6.07, 6.45) is 0.939. The number of aromatic nitrogens is 3. The molecule has 4 rings (SSSR count). The fourth-order valence-electron chi connectivity index (χ4n) is 3.27. The zero-order valence-corrected chi connectivity index (χ0v) is 14.4. The lowest BCUT2D eigenvalue weighted by Crippen LogP contribution is -2.48. The van der Waals surface area contributed by atoms with Gasteiger partial charge in [0.2, 0.25) is 5.13 Å². The van der Waals surface area contributed by atoms with Crippen molar-refractivity contribution in [1.29, 1.82) is 0 Å². The van der Waals surface area contributed by atoms with Crippen molar-refractivity contribution in [3.05, 3.63) is 59.9 Å². The number of anilines is 1. The van der Waals surface area contributed by atoms with Crippen LogP contribution in [-0.4, -0.2) is 27.9 Å². The number of benzene rings is 1. The molecular weight excluding hydrogens is 361 g/mol. The third-order valence-corrected chi connectivity index (χ3v) is 5.51. The van der Waals surface area contributed by atoms with Crippen LogP contribution < -0.4 is 5.32 Å². The summed E-state index contributed by atoms with van der Waals surface area (Å²) < 4.78 is 41.6. The topological polar surface area (TPSA) is 50.7 Å². The zero-order chi connectivity index (χ0) is 18.1. The molecule has 0 spiro atoms. The van der Waals surface area contributed by atoms with Gasteiger partial charge in [0.05, 0.1) is 5.69 Å². The highest BCUT2D eigenvalue weighted by atomic mass is 32.1. The number of nitrogens with zero attached hydrogens (tertiary/aromatic N) is 3. The van der Waals surface area contributed by atoms with Gasteiger partial charge >= 0.3 is 0 Å². The van der Waals surface area contributed by atoms with Gasteiger partial charge in [-0.05, 0) is 37.1 Å². The van der Waals surface area contributed by atoms with Crippen molar-refractivity contribution in [2.45, 2.75) is 24.4 Å². The Morgan fingerprint density at radius 3 is 2.58 bits per heavy atom. The Morgan fingerprint density at radius 1 is 1.08 bits per heavy atom. The van der Waals surface area contributed by atoms with Gasteiger partial charge in [0.1, 0.15) is 17.8 Å². The summed E-state index contributed by atoms with van der Waals surface area (Å²) in [6, 6.07) is 9.16. The van der Waals surface area contributed by atoms with Crippen LogP contribution in [0, 0.1) is 11.6 Å². The molecule has 3 aromatic rings. The van der Waals surface area contributed by atoms with Crippen molar-refractivity contribution >= 4 is 16.5 Å². The molecule has 0 amide bonds. The van der Waals surface area contributed by atoms with Crippen LogP contribution >= 0.6 is 11.3 Å². The van der Waals surface area contributed by atoms with E-state index in [9.17, 15) is 13.2 Å². The molecule has 1 aliphatic rings. The number of nitrogens with one attached hydrogen (secondary N) is 1. The molecule has 0 radical (unpaired) electrons. The largest absolute Gasteiger partial charge is 0.359 e. The minimum absolute atomic E-state index is 0.201. The Morgan fingerprint density at radius 2 is 1.85 bits per heavy atom. The first-order chi connectivity index (χ1) is 12.6. The minimum atomic E-state index is -0.971. The van der Waals surface area contributed by atoms with E-state index in [1.54, 1.807) is 18.2 Å². The van der Waals surface area contributed by atoms with Gasteiger partial charge in [0.15, 0.2) is 5.01 Å². The normalized spacial score (nSPS) is 22.0. The van der Waals surface area contributed by atoms with Crippen LogP contribution in [0.15, 0.2) is 42.6 Å². The number of hydrogen-bond acceptors (Lipinski definition) is 5. The standard InChI is InChI=1S/C18H15F3N4S/c19-11-8-18(9-11,15-14(21)6-3-7-22-15)10-23-17-25-24-16(26-17)12-4-1-2-5-13(12)20/h1-7,11H,8-10H2,(H,23,25). The van der Waals surface area contributed by atoms with Gasteiger partial charge in [-0.2, -0.15) is 0 Å². The van der Waals surface area contributed by atoms with Gasteiger partial charge < -0.3 is 5.32 Å². The van der Waals surface area contributed by atoms with Gasteiger partial charge in [-0.25, -0.2) is 13.2 Å². The molecule has 0 aliphatic heterocycles. The van der Waals surface area contributed by atoms with Crippen molar-refractivity contribution in [3.63, 3.8) is 0 Å². The second kappa shape index (κ2) is 6.68. The Hall–Kier alpha value is -2.48. The number of halogens is 3. The highest BCUT2D eigenvalue weighted by molar-refractivity contribution is 7.18. The molecule has 1 saturated carbocycles. The lowest BCUT2D eigenvalue weighted by molar-refractivity contribution is 0.0965. The second-order valence-corrected chi connectivity index (χ2v) is 7.34. The summed E-state index contributed by atoms with van der Waals surface area (Å²) in [5.74, 6) is -0.813. The molecule has 0 saturated heterocycles. The lowest BCUT2D eigenvalue weighted by atomic mass is 9.65. The highest BCUT2D eigenvalue weighted by Crippen LogP contribution is 2.45. The molecule has 8 heteroatoms. The smallest absolute Gasteiger partial charge is 0.206 e. The molecule has 134 valence electrons. The van der Waals surface area contributed by atoms with Crippen LogP contribution in [0.5, 0.6) is 0 Å². The quantitative estimate of drug-likeness (QED) is 0.719. The molecule has 1 fully saturated rings. The summed E-state index contributed by atoms with van der Waals surface area (Å²) in [6.45, 7) is 0.285. The summed E-state index contributed by atoms with van der Waals surface area (Å²) in [5, 5.41) is 12.0. The van der Waals surface area contributed by atoms with E-state index in [0.717, 1.165) is 0 Å². The fraction of sp³-hybridized carbons (Fsp3) is 0.278. The molecule has 1 aromatic carbocycles. The Labute approximate surface area is 152 Å². The van der Waals surface area contributed by atoms with Gasteiger partial charge in [0, 0.05) is 23.7 Å². The van der Waals surface area contributed by atoms with E-state index >= 15 is 0 Å². The van der Waals surface area contributed by atoms with E-state index in [0.29, 0.717) is 15.7 Å². The average Bonchev–Trinajstić information content (AvgIpc) is 3.07. The van der Waals surface area contributed by atoms with Crippen molar-refractivity contribution in [2.24, 2.45) is 0 Å². The van der Waals surface area contributed by atoms with Crippen molar-refractivity contribution in [1.82, 2.24) is 15.2 Å². The minimum Gasteiger partial charge on any atom is -0.359 e. The monoisotopic (exact) mass is 376 g/mol. The fourth-order valence-corrected chi connectivity index (χ4v) is 4.03. The van der Waals surface area contributed by atoms with Gasteiger partial charge in [0.25, 0.3) is 0 Å². The molecular formula is C18H15F3N4S. The summed E-state index contributed by atoms with van der Waals surface area (Å²) in [4.78, 5) is 4.12. The van der Waals surface area contributed by atoms with Crippen molar-refractivity contribution < 1.29 is 13.2 Å². The molecule has 2 heterocycles. The third-order valence-electron chi connectivity index (χ3n) is 4.59. The van der Waals surface area contributed by atoms with E-state index < -0.39 is 17.4 Å². The molecule has 2 aromatic heterocycles. The molecule has 1 N–H and O–H groups in total. The van der Waals surface area contributed by atoms with Crippen LogP contribution in [0.3, 0.4) is 0 Å². The Balaban J connectivity index is 1.53. The summed E-state index contributed by atoms with van der Waals surface area (Å²) >= 11 is 1.19. The zero-order valence-electron chi connectivity index (χ0n) is 13.6. The molecule has 26 heavy (non-hydrogen) atoms. The van der Waals surface area contributed by atoms with Crippen molar-refractivity contribution in [3.8, 4) is 10.6 Å². The average molecular weight is 376 g/mol. The predicted octanol–water partition coefficient (Wildman–Crippen LogP) is 4.36. The number of alkyl halides is 1.